The van der Waals surface area contributed by atoms with Gasteiger partial charge in [0.05, 0.1) is 11.6 Å². The van der Waals surface area contributed by atoms with Gasteiger partial charge in [0.15, 0.2) is 0 Å². The monoisotopic (exact) mass is 337 g/mol. The minimum absolute atomic E-state index is 0.180. The predicted molar refractivity (Wildman–Crippen MR) is 82.2 cm³/mol. The molecule has 1 aliphatic rings. The van der Waals surface area contributed by atoms with Crippen molar-refractivity contribution in [3.8, 4) is 5.75 Å². The zero-order valence-electron chi connectivity index (χ0n) is 10.2. The quantitative estimate of drug-likeness (QED) is 0.888. The van der Waals surface area contributed by atoms with E-state index < -0.39 is 0 Å². The third kappa shape index (κ3) is 2.88. The van der Waals surface area contributed by atoms with Crippen LogP contribution < -0.4 is 10.1 Å². The fraction of sp³-hybridized carbons (Fsp3) is 0.200. The third-order valence-corrected chi connectivity index (χ3v) is 4.40. The van der Waals surface area contributed by atoms with Crippen molar-refractivity contribution in [2.75, 3.05) is 11.9 Å². The summed E-state index contributed by atoms with van der Waals surface area (Å²) in [6, 6.07) is 14.0. The third-order valence-electron chi connectivity index (χ3n) is 3.17. The van der Waals surface area contributed by atoms with Crippen LogP contribution in [0, 0.1) is 0 Å². The largest absolute Gasteiger partial charge is 0.488 e. The summed E-state index contributed by atoms with van der Waals surface area (Å²) < 4.78 is 6.78. The van der Waals surface area contributed by atoms with Gasteiger partial charge in [-0.05, 0) is 45.8 Å². The molecule has 4 heteroatoms. The maximum atomic E-state index is 6.06. The number of hydrogen-bond acceptors (Lipinski definition) is 2. The van der Waals surface area contributed by atoms with Gasteiger partial charge < -0.3 is 10.1 Å². The highest BCUT2D eigenvalue weighted by molar-refractivity contribution is 9.10. The highest BCUT2D eigenvalue weighted by atomic mass is 79.9. The molecule has 1 unspecified atom stereocenters. The van der Waals surface area contributed by atoms with Gasteiger partial charge in [-0.2, -0.15) is 0 Å². The lowest BCUT2D eigenvalue weighted by Crippen LogP contribution is -2.23. The molecule has 0 saturated heterocycles. The Balaban J connectivity index is 1.61. The van der Waals surface area contributed by atoms with Crippen LogP contribution in [0.5, 0.6) is 5.75 Å². The molecule has 0 spiro atoms. The Hall–Kier alpha value is -1.19. The molecule has 2 nitrogen and oxygen atoms in total. The highest BCUT2D eigenvalue weighted by Gasteiger charge is 2.21. The summed E-state index contributed by atoms with van der Waals surface area (Å²) in [6.45, 7) is 0.770. The smallest absolute Gasteiger partial charge is 0.123 e. The van der Waals surface area contributed by atoms with Gasteiger partial charge >= 0.3 is 0 Å². The van der Waals surface area contributed by atoms with Gasteiger partial charge in [0.2, 0.25) is 0 Å². The Bertz CT molecular complexity index is 577. The van der Waals surface area contributed by atoms with E-state index in [0.717, 1.165) is 28.9 Å². The van der Waals surface area contributed by atoms with Gasteiger partial charge in [-0.3, -0.25) is 0 Å². The van der Waals surface area contributed by atoms with Crippen LogP contribution in [0.2, 0.25) is 5.02 Å². The standard InChI is InChI=1S/C15H13BrClNO/c16-13-6-5-11(8-14(13)17)18-9-12-7-10-3-1-2-4-15(10)19-12/h1-6,8,12,18H,7,9H2. The molecule has 2 aromatic carbocycles. The van der Waals surface area contributed by atoms with Crippen molar-refractivity contribution >= 4 is 33.2 Å². The van der Waals surface area contributed by atoms with Crippen molar-refractivity contribution in [3.05, 3.63) is 57.5 Å². The molecule has 0 saturated carbocycles. The molecule has 1 aliphatic heterocycles. The van der Waals surface area contributed by atoms with Crippen LogP contribution in [0.15, 0.2) is 46.9 Å². The van der Waals surface area contributed by atoms with Crippen LogP contribution in [-0.4, -0.2) is 12.6 Å². The van der Waals surface area contributed by atoms with E-state index >= 15 is 0 Å². The van der Waals surface area contributed by atoms with E-state index in [1.165, 1.54) is 5.56 Å². The van der Waals surface area contributed by atoms with Gasteiger partial charge in [0.25, 0.3) is 0 Å². The second-order valence-electron chi connectivity index (χ2n) is 4.56. The highest BCUT2D eigenvalue weighted by Crippen LogP contribution is 2.29. The van der Waals surface area contributed by atoms with E-state index in [4.69, 9.17) is 16.3 Å². The number of para-hydroxylation sites is 1. The van der Waals surface area contributed by atoms with E-state index in [2.05, 4.69) is 27.3 Å². The molecule has 3 rings (SSSR count). The molecule has 2 aromatic rings. The first-order valence-corrected chi connectivity index (χ1v) is 7.33. The molecule has 0 bridgehead atoms. The van der Waals surface area contributed by atoms with Crippen LogP contribution in [0.4, 0.5) is 5.69 Å². The summed E-state index contributed by atoms with van der Waals surface area (Å²) in [5.41, 5.74) is 2.29. The number of halogens is 2. The lowest BCUT2D eigenvalue weighted by molar-refractivity contribution is 0.246. The molecular formula is C15H13BrClNO. The molecule has 1 atom stereocenters. The van der Waals surface area contributed by atoms with E-state index in [-0.39, 0.29) is 6.10 Å². The van der Waals surface area contributed by atoms with Crippen molar-refractivity contribution in [2.24, 2.45) is 0 Å². The van der Waals surface area contributed by atoms with Gasteiger partial charge in [0.1, 0.15) is 11.9 Å². The number of rotatable bonds is 3. The number of ether oxygens (including phenoxy) is 1. The second kappa shape index (κ2) is 5.43. The molecule has 1 heterocycles. The van der Waals surface area contributed by atoms with Crippen LogP contribution in [-0.2, 0) is 6.42 Å². The number of nitrogens with one attached hydrogen (secondary N) is 1. The zero-order valence-corrected chi connectivity index (χ0v) is 12.5. The zero-order chi connectivity index (χ0) is 13.2. The van der Waals surface area contributed by atoms with E-state index in [0.29, 0.717) is 5.02 Å². The fourth-order valence-electron chi connectivity index (χ4n) is 2.21. The maximum Gasteiger partial charge on any atom is 0.123 e. The fourth-order valence-corrected chi connectivity index (χ4v) is 2.63. The average molecular weight is 339 g/mol. The molecular weight excluding hydrogens is 326 g/mol. The average Bonchev–Trinajstić information content (AvgIpc) is 2.83. The summed E-state index contributed by atoms with van der Waals surface area (Å²) in [5, 5.41) is 4.07. The maximum absolute atomic E-state index is 6.06. The van der Waals surface area contributed by atoms with Crippen molar-refractivity contribution < 1.29 is 4.74 Å². The first-order chi connectivity index (χ1) is 9.22. The number of hydrogen-bond donors (Lipinski definition) is 1. The number of anilines is 1. The van der Waals surface area contributed by atoms with Gasteiger partial charge in [-0.1, -0.05) is 29.8 Å². The SMILES string of the molecule is Clc1cc(NCC2Cc3ccccc3O2)ccc1Br. The van der Waals surface area contributed by atoms with E-state index in [1.54, 1.807) is 0 Å². The minimum Gasteiger partial charge on any atom is -0.488 e. The van der Waals surface area contributed by atoms with Gasteiger partial charge in [-0.25, -0.2) is 0 Å². The normalized spacial score (nSPS) is 16.8. The second-order valence-corrected chi connectivity index (χ2v) is 5.82. The Morgan fingerprint density at radius 1 is 1.26 bits per heavy atom. The molecule has 0 aromatic heterocycles. The van der Waals surface area contributed by atoms with E-state index in [9.17, 15) is 0 Å². The molecule has 0 aliphatic carbocycles. The Labute approximate surface area is 125 Å². The molecule has 19 heavy (non-hydrogen) atoms. The molecule has 0 amide bonds. The molecule has 98 valence electrons. The van der Waals surface area contributed by atoms with Crippen LogP contribution >= 0.6 is 27.5 Å². The Morgan fingerprint density at radius 3 is 2.89 bits per heavy atom. The van der Waals surface area contributed by atoms with Crippen LogP contribution in [0.1, 0.15) is 5.56 Å². The van der Waals surface area contributed by atoms with Crippen molar-refractivity contribution in [2.45, 2.75) is 12.5 Å². The van der Waals surface area contributed by atoms with Crippen molar-refractivity contribution in [3.63, 3.8) is 0 Å². The summed E-state index contributed by atoms with van der Waals surface area (Å²) in [4.78, 5) is 0. The van der Waals surface area contributed by atoms with Gasteiger partial charge in [0, 0.05) is 16.6 Å². The topological polar surface area (TPSA) is 21.3 Å². The van der Waals surface area contributed by atoms with E-state index in [1.807, 2.05) is 36.4 Å². The first-order valence-electron chi connectivity index (χ1n) is 6.16. The van der Waals surface area contributed by atoms with Crippen molar-refractivity contribution in [1.82, 2.24) is 0 Å². The number of benzene rings is 2. The molecule has 0 fully saturated rings. The predicted octanol–water partition coefficient (Wildman–Crippen LogP) is 4.52. The van der Waals surface area contributed by atoms with Crippen molar-refractivity contribution in [1.29, 1.82) is 0 Å². The minimum atomic E-state index is 0.180. The Kier molecular flexibility index (Phi) is 3.67. The number of fused-ring (bicyclic) bond motifs is 1. The lowest BCUT2D eigenvalue weighted by atomic mass is 10.1. The molecule has 1 N–H and O–H groups in total. The summed E-state index contributed by atoms with van der Waals surface area (Å²) in [7, 11) is 0. The lowest BCUT2D eigenvalue weighted by Gasteiger charge is -2.13. The van der Waals surface area contributed by atoms with Crippen LogP contribution in [0.3, 0.4) is 0 Å². The van der Waals surface area contributed by atoms with Gasteiger partial charge in [-0.15, -0.1) is 0 Å². The van der Waals surface area contributed by atoms with Crippen LogP contribution in [0.25, 0.3) is 0 Å². The Morgan fingerprint density at radius 2 is 2.11 bits per heavy atom. The summed E-state index contributed by atoms with van der Waals surface area (Å²) >= 11 is 9.45. The first kappa shape index (κ1) is 12.8. The summed E-state index contributed by atoms with van der Waals surface area (Å²) in [6.07, 6.45) is 1.13. The summed E-state index contributed by atoms with van der Waals surface area (Å²) in [5.74, 6) is 1.00. The molecule has 0 radical (unpaired) electrons.